The van der Waals surface area contributed by atoms with Crippen molar-refractivity contribution in [2.24, 2.45) is 11.1 Å². The molecule has 3 N–H and O–H groups in total. The Labute approximate surface area is 102 Å². The molecular formula is C15H19NO. The highest BCUT2D eigenvalue weighted by Gasteiger charge is 2.22. The molecule has 0 amide bonds. The topological polar surface area (TPSA) is 46.2 Å². The first-order chi connectivity index (χ1) is 7.88. The van der Waals surface area contributed by atoms with E-state index in [4.69, 9.17) is 5.73 Å². The van der Waals surface area contributed by atoms with Crippen LogP contribution in [0.1, 0.15) is 32.4 Å². The largest absolute Gasteiger partial charge is 0.508 e. The van der Waals surface area contributed by atoms with E-state index in [1.165, 1.54) is 0 Å². The number of phenols is 1. The van der Waals surface area contributed by atoms with E-state index in [1.807, 2.05) is 18.2 Å². The minimum atomic E-state index is 0.0145. The van der Waals surface area contributed by atoms with Crippen molar-refractivity contribution in [1.82, 2.24) is 0 Å². The number of fused-ring (bicyclic) bond motifs is 1. The maximum absolute atomic E-state index is 9.41. The molecule has 90 valence electrons. The molecule has 0 fully saturated rings. The van der Waals surface area contributed by atoms with Gasteiger partial charge in [-0.2, -0.15) is 0 Å². The number of benzene rings is 2. The minimum Gasteiger partial charge on any atom is -0.508 e. The number of hydrogen-bond donors (Lipinski definition) is 2. The monoisotopic (exact) mass is 229 g/mol. The highest BCUT2D eigenvalue weighted by molar-refractivity contribution is 5.84. The van der Waals surface area contributed by atoms with Crippen LogP contribution in [0.5, 0.6) is 5.75 Å². The normalized spacial score (nSPS) is 13.9. The van der Waals surface area contributed by atoms with Gasteiger partial charge in [0, 0.05) is 6.04 Å². The fourth-order valence-corrected chi connectivity index (χ4v) is 1.95. The molecule has 0 radical (unpaired) electrons. The lowest BCUT2D eigenvalue weighted by Gasteiger charge is -2.27. The summed E-state index contributed by atoms with van der Waals surface area (Å²) in [5.74, 6) is 0.297. The molecule has 0 saturated heterocycles. The molecule has 2 rings (SSSR count). The van der Waals surface area contributed by atoms with Gasteiger partial charge in [0.05, 0.1) is 0 Å². The standard InChI is InChI=1S/C15H19NO/c1-15(2,3)14(16)12-5-4-11-9-13(17)7-6-10(11)8-12/h4-9,14,17H,16H2,1-3H3/t14-/m0/s1. The zero-order chi connectivity index (χ0) is 12.6. The molecule has 2 aromatic carbocycles. The molecule has 1 atom stereocenters. The van der Waals surface area contributed by atoms with Crippen LogP contribution < -0.4 is 5.73 Å². The van der Waals surface area contributed by atoms with Gasteiger partial charge < -0.3 is 10.8 Å². The third kappa shape index (κ3) is 2.42. The van der Waals surface area contributed by atoms with Crippen molar-refractivity contribution >= 4 is 10.8 Å². The van der Waals surface area contributed by atoms with Crippen LogP contribution in [0.25, 0.3) is 10.8 Å². The first-order valence-corrected chi connectivity index (χ1v) is 5.86. The molecule has 0 spiro atoms. The van der Waals surface area contributed by atoms with Gasteiger partial charge in [0.15, 0.2) is 0 Å². The van der Waals surface area contributed by atoms with Crippen molar-refractivity contribution < 1.29 is 5.11 Å². The first kappa shape index (κ1) is 11.9. The third-order valence-electron chi connectivity index (χ3n) is 3.14. The van der Waals surface area contributed by atoms with Gasteiger partial charge in [-0.25, -0.2) is 0 Å². The summed E-state index contributed by atoms with van der Waals surface area (Å²) in [5.41, 5.74) is 7.42. The summed E-state index contributed by atoms with van der Waals surface area (Å²) in [6.45, 7) is 6.41. The summed E-state index contributed by atoms with van der Waals surface area (Å²) in [6, 6.07) is 11.6. The first-order valence-electron chi connectivity index (χ1n) is 5.86. The number of hydrogen-bond acceptors (Lipinski definition) is 2. The van der Waals surface area contributed by atoms with E-state index in [-0.39, 0.29) is 11.5 Å². The summed E-state index contributed by atoms with van der Waals surface area (Å²) >= 11 is 0. The summed E-state index contributed by atoms with van der Waals surface area (Å²) in [5, 5.41) is 11.6. The Bertz CT molecular complexity index is 540. The van der Waals surface area contributed by atoms with E-state index in [0.717, 1.165) is 16.3 Å². The lowest BCUT2D eigenvalue weighted by molar-refractivity contribution is 0.327. The van der Waals surface area contributed by atoms with Crippen LogP contribution in [0.15, 0.2) is 36.4 Å². The number of rotatable bonds is 1. The number of phenolic OH excluding ortho intramolecular Hbond substituents is 1. The molecule has 0 saturated carbocycles. The van der Waals surface area contributed by atoms with Crippen LogP contribution in [0.3, 0.4) is 0 Å². The van der Waals surface area contributed by atoms with Crippen LogP contribution in [0.2, 0.25) is 0 Å². The molecule has 0 aliphatic carbocycles. The minimum absolute atomic E-state index is 0.0145. The highest BCUT2D eigenvalue weighted by atomic mass is 16.3. The number of aromatic hydroxyl groups is 1. The van der Waals surface area contributed by atoms with Crippen LogP contribution in [0.4, 0.5) is 0 Å². The Morgan fingerprint density at radius 3 is 2.24 bits per heavy atom. The van der Waals surface area contributed by atoms with Crippen LogP contribution >= 0.6 is 0 Å². The van der Waals surface area contributed by atoms with E-state index in [1.54, 1.807) is 12.1 Å². The molecule has 0 aromatic heterocycles. The molecule has 0 aliphatic rings. The summed E-state index contributed by atoms with van der Waals surface area (Å²) < 4.78 is 0. The SMILES string of the molecule is CC(C)(C)[C@@H](N)c1ccc2cc(O)ccc2c1. The van der Waals surface area contributed by atoms with Gasteiger partial charge in [-0.1, -0.05) is 39.0 Å². The van der Waals surface area contributed by atoms with E-state index in [2.05, 4.69) is 26.8 Å². The zero-order valence-corrected chi connectivity index (χ0v) is 10.6. The lowest BCUT2D eigenvalue weighted by atomic mass is 9.82. The second kappa shape index (κ2) is 4.04. The predicted molar refractivity (Wildman–Crippen MR) is 72.0 cm³/mol. The second-order valence-corrected chi connectivity index (χ2v) is 5.63. The van der Waals surface area contributed by atoms with E-state index < -0.39 is 0 Å². The average Bonchev–Trinajstić information content (AvgIpc) is 2.26. The Morgan fingerprint density at radius 2 is 1.59 bits per heavy atom. The van der Waals surface area contributed by atoms with Gasteiger partial charge in [0.25, 0.3) is 0 Å². The third-order valence-corrected chi connectivity index (χ3v) is 3.14. The van der Waals surface area contributed by atoms with E-state index in [9.17, 15) is 5.11 Å². The molecule has 2 nitrogen and oxygen atoms in total. The number of nitrogens with two attached hydrogens (primary N) is 1. The molecule has 0 bridgehead atoms. The molecule has 0 unspecified atom stereocenters. The molecule has 0 aliphatic heterocycles. The average molecular weight is 229 g/mol. The highest BCUT2D eigenvalue weighted by Crippen LogP contribution is 2.32. The van der Waals surface area contributed by atoms with Crippen molar-refractivity contribution in [1.29, 1.82) is 0 Å². The van der Waals surface area contributed by atoms with Crippen molar-refractivity contribution in [3.8, 4) is 5.75 Å². The lowest BCUT2D eigenvalue weighted by Crippen LogP contribution is -2.26. The van der Waals surface area contributed by atoms with Gasteiger partial charge in [-0.05, 0) is 39.9 Å². The zero-order valence-electron chi connectivity index (χ0n) is 10.6. The van der Waals surface area contributed by atoms with Gasteiger partial charge in [-0.3, -0.25) is 0 Å². The van der Waals surface area contributed by atoms with Crippen molar-refractivity contribution in [2.75, 3.05) is 0 Å². The Morgan fingerprint density at radius 1 is 1.00 bits per heavy atom. The molecule has 2 heteroatoms. The van der Waals surface area contributed by atoms with Crippen molar-refractivity contribution in [3.05, 3.63) is 42.0 Å². The predicted octanol–water partition coefficient (Wildman–Crippen LogP) is 3.59. The summed E-state index contributed by atoms with van der Waals surface area (Å²) in [7, 11) is 0. The maximum atomic E-state index is 9.41. The fraction of sp³-hybridized carbons (Fsp3) is 0.333. The van der Waals surface area contributed by atoms with E-state index in [0.29, 0.717) is 5.75 Å². The van der Waals surface area contributed by atoms with Crippen LogP contribution in [-0.2, 0) is 0 Å². The molecule has 17 heavy (non-hydrogen) atoms. The fourth-order valence-electron chi connectivity index (χ4n) is 1.95. The maximum Gasteiger partial charge on any atom is 0.116 e. The van der Waals surface area contributed by atoms with Crippen LogP contribution in [0, 0.1) is 5.41 Å². The van der Waals surface area contributed by atoms with Gasteiger partial charge in [0.2, 0.25) is 0 Å². The second-order valence-electron chi connectivity index (χ2n) is 5.63. The summed E-state index contributed by atoms with van der Waals surface area (Å²) in [4.78, 5) is 0. The Hall–Kier alpha value is -1.54. The Kier molecular flexibility index (Phi) is 2.84. The molecular weight excluding hydrogens is 210 g/mol. The smallest absolute Gasteiger partial charge is 0.116 e. The van der Waals surface area contributed by atoms with Gasteiger partial charge in [-0.15, -0.1) is 0 Å². The Balaban J connectivity index is 2.48. The van der Waals surface area contributed by atoms with Gasteiger partial charge >= 0.3 is 0 Å². The quantitative estimate of drug-likeness (QED) is 0.785. The van der Waals surface area contributed by atoms with E-state index >= 15 is 0 Å². The molecule has 0 heterocycles. The van der Waals surface area contributed by atoms with Crippen molar-refractivity contribution in [2.45, 2.75) is 26.8 Å². The van der Waals surface area contributed by atoms with Gasteiger partial charge in [0.1, 0.15) is 5.75 Å². The van der Waals surface area contributed by atoms with Crippen LogP contribution in [-0.4, -0.2) is 5.11 Å². The summed E-state index contributed by atoms with van der Waals surface area (Å²) in [6.07, 6.45) is 0. The van der Waals surface area contributed by atoms with Crippen molar-refractivity contribution in [3.63, 3.8) is 0 Å². The molecule has 2 aromatic rings.